The molecule has 3 nitrogen and oxygen atoms in total. The molecule has 0 amide bonds. The van der Waals surface area contributed by atoms with Gasteiger partial charge in [0, 0.05) is 11.9 Å². The molecule has 0 spiro atoms. The van der Waals surface area contributed by atoms with Gasteiger partial charge in [-0.2, -0.15) is 0 Å². The molecule has 0 aliphatic rings. The Morgan fingerprint density at radius 3 is 1.82 bits per heavy atom. The molecule has 0 radical (unpaired) electrons. The SMILES string of the molecule is CC(C(=O)[O-])[C@@H](C)[C@H](C)O.[Li+]. The molecule has 1 unspecified atom stereocenters. The van der Waals surface area contributed by atoms with Crippen molar-refractivity contribution in [3.8, 4) is 0 Å². The van der Waals surface area contributed by atoms with Crippen LogP contribution >= 0.6 is 0 Å². The second-order valence-corrected chi connectivity index (χ2v) is 2.71. The summed E-state index contributed by atoms with van der Waals surface area (Å²) in [7, 11) is 0. The van der Waals surface area contributed by atoms with Gasteiger partial charge in [0.15, 0.2) is 0 Å². The molecule has 3 atom stereocenters. The molecule has 4 heteroatoms. The number of carboxylic acids is 1. The van der Waals surface area contributed by atoms with E-state index in [1.54, 1.807) is 13.8 Å². The van der Waals surface area contributed by atoms with Crippen molar-refractivity contribution in [1.82, 2.24) is 0 Å². The van der Waals surface area contributed by atoms with Crippen LogP contribution in [0.15, 0.2) is 0 Å². The Morgan fingerprint density at radius 2 is 1.73 bits per heavy atom. The number of rotatable bonds is 3. The van der Waals surface area contributed by atoms with Gasteiger partial charge >= 0.3 is 18.9 Å². The third-order valence-corrected chi connectivity index (χ3v) is 1.92. The van der Waals surface area contributed by atoms with Gasteiger partial charge in [-0.3, -0.25) is 0 Å². The Morgan fingerprint density at radius 1 is 1.36 bits per heavy atom. The molecule has 0 saturated heterocycles. The van der Waals surface area contributed by atoms with Crippen LogP contribution in [0.4, 0.5) is 0 Å². The Kier molecular flexibility index (Phi) is 6.99. The normalized spacial score (nSPS) is 17.8. The van der Waals surface area contributed by atoms with Gasteiger partial charge < -0.3 is 15.0 Å². The molecule has 0 saturated carbocycles. The molecule has 0 aromatic carbocycles. The number of hydrogen-bond acceptors (Lipinski definition) is 3. The van der Waals surface area contributed by atoms with Crippen LogP contribution in [0.3, 0.4) is 0 Å². The van der Waals surface area contributed by atoms with Crippen LogP contribution in [0.5, 0.6) is 0 Å². The zero-order valence-electron chi connectivity index (χ0n) is 7.50. The van der Waals surface area contributed by atoms with Crippen LogP contribution in [0, 0.1) is 11.8 Å². The number of carbonyl (C=O) groups excluding carboxylic acids is 1. The van der Waals surface area contributed by atoms with Crippen molar-refractivity contribution in [2.75, 3.05) is 0 Å². The molecule has 0 rings (SSSR count). The first kappa shape index (κ1) is 13.6. The van der Waals surface area contributed by atoms with Gasteiger partial charge in [-0.15, -0.1) is 0 Å². The monoisotopic (exact) mass is 152 g/mol. The topological polar surface area (TPSA) is 60.4 Å². The summed E-state index contributed by atoms with van der Waals surface area (Å²) in [6.07, 6.45) is -0.590. The van der Waals surface area contributed by atoms with E-state index in [1.165, 1.54) is 6.92 Å². The standard InChI is InChI=1S/C7H14O3.Li/c1-4(6(3)8)5(2)7(9)10;/h4-6,8H,1-3H3,(H,9,10);/q;+1/p-1/t4-,5?,6+;/m1./s1. The average Bonchev–Trinajstić information content (AvgIpc) is 1.84. The molecular formula is C7H13LiO3. The maximum atomic E-state index is 10.2. The molecule has 0 aliphatic heterocycles. The van der Waals surface area contributed by atoms with E-state index in [4.69, 9.17) is 5.11 Å². The largest absolute Gasteiger partial charge is 1.00 e. The predicted octanol–water partition coefficient (Wildman–Crippen LogP) is -3.61. The third-order valence-electron chi connectivity index (χ3n) is 1.92. The minimum absolute atomic E-state index is 0. The molecular weight excluding hydrogens is 139 g/mol. The Hall–Kier alpha value is 0.0274. The van der Waals surface area contributed by atoms with E-state index >= 15 is 0 Å². The van der Waals surface area contributed by atoms with Crippen molar-refractivity contribution in [2.45, 2.75) is 26.9 Å². The average molecular weight is 152 g/mol. The molecule has 60 valence electrons. The Balaban J connectivity index is 0. The number of aliphatic hydroxyl groups excluding tert-OH is 1. The van der Waals surface area contributed by atoms with Gasteiger partial charge in [-0.25, -0.2) is 0 Å². The molecule has 0 heterocycles. The van der Waals surface area contributed by atoms with Crippen LogP contribution in [0.25, 0.3) is 0 Å². The fraction of sp³-hybridized carbons (Fsp3) is 0.857. The number of carboxylic acid groups (broad SMARTS) is 1. The Bertz CT molecular complexity index is 125. The van der Waals surface area contributed by atoms with Crippen molar-refractivity contribution in [2.24, 2.45) is 11.8 Å². The van der Waals surface area contributed by atoms with Crippen molar-refractivity contribution in [1.29, 1.82) is 0 Å². The number of aliphatic hydroxyl groups is 1. The summed E-state index contributed by atoms with van der Waals surface area (Å²) < 4.78 is 0. The predicted molar refractivity (Wildman–Crippen MR) is 35.0 cm³/mol. The van der Waals surface area contributed by atoms with Crippen molar-refractivity contribution >= 4 is 5.97 Å². The van der Waals surface area contributed by atoms with E-state index < -0.39 is 18.0 Å². The number of aliphatic carboxylic acids is 1. The van der Waals surface area contributed by atoms with Gasteiger partial charge in [0.1, 0.15) is 0 Å². The third kappa shape index (κ3) is 4.47. The molecule has 0 aliphatic carbocycles. The summed E-state index contributed by atoms with van der Waals surface area (Å²) in [4.78, 5) is 10.2. The molecule has 0 aromatic heterocycles. The van der Waals surface area contributed by atoms with Gasteiger partial charge in [0.05, 0.1) is 6.10 Å². The van der Waals surface area contributed by atoms with E-state index in [2.05, 4.69) is 0 Å². The van der Waals surface area contributed by atoms with Gasteiger partial charge in [0.2, 0.25) is 0 Å². The van der Waals surface area contributed by atoms with Gasteiger partial charge in [-0.1, -0.05) is 13.8 Å². The van der Waals surface area contributed by atoms with E-state index in [0.29, 0.717) is 0 Å². The Labute approximate surface area is 79.0 Å². The summed E-state index contributed by atoms with van der Waals surface area (Å²) in [6.45, 7) is 4.79. The first-order chi connectivity index (χ1) is 4.46. The smallest absolute Gasteiger partial charge is 0.550 e. The van der Waals surface area contributed by atoms with Gasteiger partial charge in [0.25, 0.3) is 0 Å². The maximum Gasteiger partial charge on any atom is 1.00 e. The summed E-state index contributed by atoms with van der Waals surface area (Å²) in [5.74, 6) is -1.93. The minimum atomic E-state index is -1.10. The maximum absolute atomic E-state index is 10.2. The van der Waals surface area contributed by atoms with Crippen LogP contribution in [0.2, 0.25) is 0 Å². The van der Waals surface area contributed by atoms with E-state index in [-0.39, 0.29) is 24.8 Å². The van der Waals surface area contributed by atoms with Crippen molar-refractivity contribution in [3.63, 3.8) is 0 Å². The second kappa shape index (κ2) is 5.65. The van der Waals surface area contributed by atoms with Crippen LogP contribution < -0.4 is 24.0 Å². The summed E-state index contributed by atoms with van der Waals surface area (Å²) in [6, 6.07) is 0. The van der Waals surface area contributed by atoms with E-state index in [9.17, 15) is 9.90 Å². The van der Waals surface area contributed by atoms with Gasteiger partial charge in [-0.05, 0) is 12.8 Å². The molecule has 0 fully saturated rings. The molecule has 11 heavy (non-hydrogen) atoms. The molecule has 0 aromatic rings. The minimum Gasteiger partial charge on any atom is -0.550 e. The first-order valence-corrected chi connectivity index (χ1v) is 3.35. The first-order valence-electron chi connectivity index (χ1n) is 3.35. The van der Waals surface area contributed by atoms with Crippen LogP contribution in [-0.2, 0) is 4.79 Å². The zero-order chi connectivity index (χ0) is 8.31. The van der Waals surface area contributed by atoms with Crippen LogP contribution in [-0.4, -0.2) is 17.2 Å². The fourth-order valence-corrected chi connectivity index (χ4v) is 0.632. The van der Waals surface area contributed by atoms with Crippen LogP contribution in [0.1, 0.15) is 20.8 Å². The fourth-order valence-electron chi connectivity index (χ4n) is 0.632. The number of hydrogen-bond donors (Lipinski definition) is 1. The molecule has 0 bridgehead atoms. The second-order valence-electron chi connectivity index (χ2n) is 2.71. The number of carbonyl (C=O) groups is 1. The quantitative estimate of drug-likeness (QED) is 0.425. The van der Waals surface area contributed by atoms with Crippen molar-refractivity contribution in [3.05, 3.63) is 0 Å². The van der Waals surface area contributed by atoms with E-state index in [1.807, 2.05) is 0 Å². The van der Waals surface area contributed by atoms with E-state index in [0.717, 1.165) is 0 Å². The summed E-state index contributed by atoms with van der Waals surface area (Å²) in [5, 5.41) is 19.2. The van der Waals surface area contributed by atoms with Crippen molar-refractivity contribution < 1.29 is 33.9 Å². The summed E-state index contributed by atoms with van der Waals surface area (Å²) in [5.41, 5.74) is 0. The molecule has 1 N–H and O–H groups in total. The summed E-state index contributed by atoms with van der Waals surface area (Å²) >= 11 is 0. The zero-order valence-corrected chi connectivity index (χ0v) is 7.50.